The number of benzene rings is 1. The second kappa shape index (κ2) is 7.51. The Morgan fingerprint density at radius 1 is 1.38 bits per heavy atom. The van der Waals surface area contributed by atoms with Gasteiger partial charge in [-0.2, -0.15) is 4.31 Å². The predicted molar refractivity (Wildman–Crippen MR) is 79.5 cm³/mol. The van der Waals surface area contributed by atoms with Gasteiger partial charge in [-0.25, -0.2) is 12.8 Å². The Kier molecular flexibility index (Phi) is 6.29. The molecule has 7 heteroatoms. The van der Waals surface area contributed by atoms with Crippen LogP contribution in [-0.4, -0.2) is 37.5 Å². The highest BCUT2D eigenvalue weighted by atomic mass is 32.2. The number of rotatable bonds is 7. The number of sulfonamides is 1. The van der Waals surface area contributed by atoms with Gasteiger partial charge in [-0.05, 0) is 19.4 Å². The molecule has 1 N–H and O–H groups in total. The van der Waals surface area contributed by atoms with E-state index < -0.39 is 21.7 Å². The maximum Gasteiger partial charge on any atom is 0.235 e. The molecule has 0 aromatic heterocycles. The van der Waals surface area contributed by atoms with E-state index in [1.807, 2.05) is 13.8 Å². The fraction of sp³-hybridized carbons (Fsp3) is 0.500. The van der Waals surface area contributed by atoms with Crippen molar-refractivity contribution in [2.24, 2.45) is 0 Å². The van der Waals surface area contributed by atoms with Gasteiger partial charge in [0.1, 0.15) is 5.82 Å². The third-order valence-electron chi connectivity index (χ3n) is 3.11. The molecule has 118 valence electrons. The topological polar surface area (TPSA) is 66.5 Å². The van der Waals surface area contributed by atoms with E-state index >= 15 is 0 Å². The number of halogens is 1. The minimum Gasteiger partial charge on any atom is -0.353 e. The number of hydrogen-bond donors (Lipinski definition) is 1. The lowest BCUT2D eigenvalue weighted by Crippen LogP contribution is -2.42. The van der Waals surface area contributed by atoms with Crippen LogP contribution in [0.2, 0.25) is 0 Å². The molecule has 1 atom stereocenters. The predicted octanol–water partition coefficient (Wildman–Crippen LogP) is 1.50. The number of hydrogen-bond acceptors (Lipinski definition) is 3. The summed E-state index contributed by atoms with van der Waals surface area (Å²) in [6.07, 6.45) is 1.75. The summed E-state index contributed by atoms with van der Waals surface area (Å²) in [5.41, 5.74) is 0.235. The quantitative estimate of drug-likeness (QED) is 0.829. The lowest BCUT2D eigenvalue weighted by Gasteiger charge is -2.21. The summed E-state index contributed by atoms with van der Waals surface area (Å²) in [4.78, 5) is 11.8. The van der Waals surface area contributed by atoms with Crippen LogP contribution in [0.4, 0.5) is 4.39 Å². The molecule has 0 aliphatic heterocycles. The van der Waals surface area contributed by atoms with Crippen molar-refractivity contribution in [1.29, 1.82) is 0 Å². The van der Waals surface area contributed by atoms with Gasteiger partial charge in [0, 0.05) is 18.2 Å². The summed E-state index contributed by atoms with van der Waals surface area (Å²) in [5.74, 6) is -0.889. The highest BCUT2D eigenvalue weighted by Gasteiger charge is 2.22. The van der Waals surface area contributed by atoms with Crippen LogP contribution in [0.3, 0.4) is 0 Å². The maximum atomic E-state index is 13.6. The second-order valence-electron chi connectivity index (χ2n) is 5.00. The van der Waals surface area contributed by atoms with E-state index in [1.165, 1.54) is 18.2 Å². The van der Waals surface area contributed by atoms with Gasteiger partial charge in [0.2, 0.25) is 15.9 Å². The number of nitrogens with zero attached hydrogens (tertiary/aromatic N) is 1. The van der Waals surface area contributed by atoms with Crippen molar-refractivity contribution in [3.8, 4) is 0 Å². The molecule has 0 spiro atoms. The minimum absolute atomic E-state index is 0.0348. The molecular formula is C14H21FN2O3S. The van der Waals surface area contributed by atoms with Crippen LogP contribution in [0.25, 0.3) is 0 Å². The Labute approximate surface area is 125 Å². The fourth-order valence-corrected chi connectivity index (χ4v) is 2.42. The summed E-state index contributed by atoms with van der Waals surface area (Å²) in [7, 11) is -3.61. The molecule has 0 bridgehead atoms. The lowest BCUT2D eigenvalue weighted by molar-refractivity contribution is -0.122. The van der Waals surface area contributed by atoms with Crippen LogP contribution in [0, 0.1) is 5.82 Å². The first kappa shape index (κ1) is 17.6. The zero-order valence-corrected chi connectivity index (χ0v) is 13.3. The van der Waals surface area contributed by atoms with Gasteiger partial charge < -0.3 is 5.32 Å². The van der Waals surface area contributed by atoms with Crippen LogP contribution in [0.15, 0.2) is 24.3 Å². The molecule has 0 saturated heterocycles. The standard InChI is InChI=1S/C14H21FN2O3S/c1-4-11(2)16-14(18)10-17(21(3,19)20)9-12-7-5-6-8-13(12)15/h5-8,11H,4,9-10H2,1-3H3,(H,16,18). The first-order valence-corrected chi connectivity index (χ1v) is 8.56. The Hall–Kier alpha value is -1.47. The molecular weight excluding hydrogens is 295 g/mol. The normalized spacial score (nSPS) is 13.2. The molecule has 1 amide bonds. The summed E-state index contributed by atoms with van der Waals surface area (Å²) in [5, 5.41) is 2.69. The second-order valence-corrected chi connectivity index (χ2v) is 6.98. The largest absolute Gasteiger partial charge is 0.353 e. The number of carbonyl (C=O) groups is 1. The molecule has 5 nitrogen and oxygen atoms in total. The van der Waals surface area contributed by atoms with Gasteiger partial charge in [-0.3, -0.25) is 4.79 Å². The van der Waals surface area contributed by atoms with E-state index in [1.54, 1.807) is 6.07 Å². The lowest BCUT2D eigenvalue weighted by atomic mass is 10.2. The average molecular weight is 316 g/mol. The first-order valence-electron chi connectivity index (χ1n) is 6.72. The SMILES string of the molecule is CCC(C)NC(=O)CN(Cc1ccccc1F)S(C)(=O)=O. The van der Waals surface area contributed by atoms with E-state index in [4.69, 9.17) is 0 Å². The Morgan fingerprint density at radius 2 is 2.00 bits per heavy atom. The molecule has 21 heavy (non-hydrogen) atoms. The molecule has 0 fully saturated rings. The van der Waals surface area contributed by atoms with Crippen LogP contribution in [0.1, 0.15) is 25.8 Å². The zero-order valence-electron chi connectivity index (χ0n) is 12.5. The Bertz CT molecular complexity index is 590. The molecule has 1 aromatic rings. The number of nitrogens with one attached hydrogen (secondary N) is 1. The first-order chi connectivity index (χ1) is 9.74. The monoisotopic (exact) mass is 316 g/mol. The maximum absolute atomic E-state index is 13.6. The summed E-state index contributed by atoms with van der Waals surface area (Å²) < 4.78 is 38.1. The highest BCUT2D eigenvalue weighted by Crippen LogP contribution is 2.12. The van der Waals surface area contributed by atoms with Crippen molar-refractivity contribution in [2.45, 2.75) is 32.9 Å². The molecule has 1 aromatic carbocycles. The van der Waals surface area contributed by atoms with Crippen molar-refractivity contribution in [3.63, 3.8) is 0 Å². The fourth-order valence-electron chi connectivity index (χ4n) is 1.69. The summed E-state index contributed by atoms with van der Waals surface area (Å²) in [6, 6.07) is 5.87. The Balaban J connectivity index is 2.83. The van der Waals surface area contributed by atoms with Crippen molar-refractivity contribution in [3.05, 3.63) is 35.6 Å². The van der Waals surface area contributed by atoms with Crippen molar-refractivity contribution in [2.75, 3.05) is 12.8 Å². The van der Waals surface area contributed by atoms with E-state index in [2.05, 4.69) is 5.32 Å². The van der Waals surface area contributed by atoms with Crippen LogP contribution < -0.4 is 5.32 Å². The third kappa shape index (κ3) is 5.81. The Morgan fingerprint density at radius 3 is 2.52 bits per heavy atom. The highest BCUT2D eigenvalue weighted by molar-refractivity contribution is 7.88. The van der Waals surface area contributed by atoms with Crippen LogP contribution in [0.5, 0.6) is 0 Å². The van der Waals surface area contributed by atoms with E-state index in [9.17, 15) is 17.6 Å². The molecule has 0 radical (unpaired) electrons. The minimum atomic E-state index is -3.61. The van der Waals surface area contributed by atoms with Gasteiger partial charge in [-0.15, -0.1) is 0 Å². The molecule has 1 unspecified atom stereocenters. The number of carbonyl (C=O) groups excluding carboxylic acids is 1. The van der Waals surface area contributed by atoms with Gasteiger partial charge in [0.15, 0.2) is 0 Å². The molecule has 0 saturated carbocycles. The zero-order chi connectivity index (χ0) is 16.0. The summed E-state index contributed by atoms with van der Waals surface area (Å²) >= 11 is 0. The third-order valence-corrected chi connectivity index (χ3v) is 4.31. The van der Waals surface area contributed by atoms with Gasteiger partial charge in [-0.1, -0.05) is 25.1 Å². The smallest absolute Gasteiger partial charge is 0.235 e. The van der Waals surface area contributed by atoms with Gasteiger partial charge in [0.05, 0.1) is 12.8 Å². The van der Waals surface area contributed by atoms with E-state index in [0.29, 0.717) is 0 Å². The molecule has 0 aliphatic rings. The van der Waals surface area contributed by atoms with E-state index in [0.717, 1.165) is 17.0 Å². The van der Waals surface area contributed by atoms with Crippen LogP contribution >= 0.6 is 0 Å². The average Bonchev–Trinajstić information content (AvgIpc) is 2.39. The summed E-state index contributed by atoms with van der Waals surface area (Å²) in [6.45, 7) is 3.26. The molecule has 0 heterocycles. The van der Waals surface area contributed by atoms with Crippen LogP contribution in [-0.2, 0) is 21.4 Å². The van der Waals surface area contributed by atoms with Crippen molar-refractivity contribution >= 4 is 15.9 Å². The van der Waals surface area contributed by atoms with Crippen molar-refractivity contribution < 1.29 is 17.6 Å². The van der Waals surface area contributed by atoms with Gasteiger partial charge in [0.25, 0.3) is 0 Å². The molecule has 1 rings (SSSR count). The molecule has 0 aliphatic carbocycles. The number of amides is 1. The van der Waals surface area contributed by atoms with E-state index in [-0.39, 0.29) is 24.7 Å². The van der Waals surface area contributed by atoms with Gasteiger partial charge >= 0.3 is 0 Å². The van der Waals surface area contributed by atoms with Crippen molar-refractivity contribution in [1.82, 2.24) is 9.62 Å².